The van der Waals surface area contributed by atoms with Gasteiger partial charge in [0, 0.05) is 0 Å². The SMILES string of the molecule is [S-][N+]1=C(c2ccccc2)C=C[NH+]1[S-]. The average molecular weight is 208 g/mol. The molecule has 1 N–H and O–H groups in total. The Morgan fingerprint density at radius 3 is 2.38 bits per heavy atom. The molecular formula is C9H8N2S2. The third-order valence-electron chi connectivity index (χ3n) is 1.87. The molecule has 4 heteroatoms. The van der Waals surface area contributed by atoms with E-state index in [1.165, 1.54) is 0 Å². The van der Waals surface area contributed by atoms with Crippen LogP contribution >= 0.6 is 0 Å². The monoisotopic (exact) mass is 208 g/mol. The summed E-state index contributed by atoms with van der Waals surface area (Å²) in [5, 5.41) is 0. The fraction of sp³-hybridized carbons (Fsp3) is 0. The van der Waals surface area contributed by atoms with Crippen molar-refractivity contribution in [3.8, 4) is 0 Å². The van der Waals surface area contributed by atoms with E-state index in [2.05, 4.69) is 0 Å². The van der Waals surface area contributed by atoms with Crippen LogP contribution in [0.25, 0.3) is 0 Å². The second-order valence-electron chi connectivity index (χ2n) is 2.72. The number of rotatable bonds is 1. The Hall–Kier alpha value is -0.840. The Bertz CT molecular complexity index is 370. The van der Waals surface area contributed by atoms with Crippen molar-refractivity contribution >= 4 is 31.3 Å². The molecule has 0 aliphatic carbocycles. The van der Waals surface area contributed by atoms with Gasteiger partial charge in [-0.1, -0.05) is 18.2 Å². The molecule has 0 spiro atoms. The minimum Gasteiger partial charge on any atom is -0.418 e. The predicted octanol–water partition coefficient (Wildman–Crippen LogP) is -0.261. The summed E-state index contributed by atoms with van der Waals surface area (Å²) in [6, 6.07) is 10.00. The van der Waals surface area contributed by atoms with Gasteiger partial charge in [-0.05, 0) is 12.1 Å². The summed E-state index contributed by atoms with van der Waals surface area (Å²) >= 11 is 10.2. The van der Waals surface area contributed by atoms with Crippen LogP contribution in [-0.2, 0) is 25.6 Å². The van der Waals surface area contributed by atoms with Crippen LogP contribution in [0.4, 0.5) is 0 Å². The van der Waals surface area contributed by atoms with E-state index in [4.69, 9.17) is 25.6 Å². The number of allylic oxidation sites excluding steroid dienone is 1. The normalized spacial score (nSPS) is 21.2. The lowest BCUT2D eigenvalue weighted by Gasteiger charge is -2.14. The van der Waals surface area contributed by atoms with E-state index in [1.54, 1.807) is 4.09 Å². The molecule has 66 valence electrons. The third-order valence-corrected chi connectivity index (χ3v) is 2.70. The lowest BCUT2D eigenvalue weighted by atomic mass is 10.1. The molecule has 0 radical (unpaired) electrons. The third kappa shape index (κ3) is 1.60. The van der Waals surface area contributed by atoms with Gasteiger partial charge in [0.15, 0.2) is 0 Å². The van der Waals surface area contributed by atoms with Gasteiger partial charge in [-0.3, -0.25) is 0 Å². The molecular weight excluding hydrogens is 200 g/mol. The fourth-order valence-electron chi connectivity index (χ4n) is 1.23. The molecule has 0 fully saturated rings. The van der Waals surface area contributed by atoms with Gasteiger partial charge in [0.2, 0.25) is 0 Å². The molecule has 1 heterocycles. The minimum atomic E-state index is 0.689. The number of hydrogen-bond acceptors (Lipinski definition) is 2. The summed E-state index contributed by atoms with van der Waals surface area (Å²) in [6.07, 6.45) is 3.80. The lowest BCUT2D eigenvalue weighted by Crippen LogP contribution is -3.05. The molecule has 2 rings (SSSR count). The van der Waals surface area contributed by atoms with Gasteiger partial charge in [0.25, 0.3) is 5.71 Å². The van der Waals surface area contributed by atoms with E-state index in [0.717, 1.165) is 11.3 Å². The first-order valence-corrected chi connectivity index (χ1v) is 4.68. The van der Waals surface area contributed by atoms with Gasteiger partial charge in [0.05, 0.1) is 11.6 Å². The van der Waals surface area contributed by atoms with Crippen LogP contribution < -0.4 is 4.41 Å². The summed E-state index contributed by atoms with van der Waals surface area (Å²) in [6.45, 7) is 0. The van der Waals surface area contributed by atoms with Crippen LogP contribution in [0.3, 0.4) is 0 Å². The highest BCUT2D eigenvalue weighted by Gasteiger charge is 2.16. The van der Waals surface area contributed by atoms with Crippen molar-refractivity contribution in [3.63, 3.8) is 0 Å². The maximum absolute atomic E-state index is 5.12. The molecule has 0 saturated heterocycles. The van der Waals surface area contributed by atoms with E-state index in [-0.39, 0.29) is 0 Å². The minimum absolute atomic E-state index is 0.689. The van der Waals surface area contributed by atoms with Gasteiger partial charge >= 0.3 is 0 Å². The van der Waals surface area contributed by atoms with Crippen LogP contribution in [0, 0.1) is 0 Å². The fourth-order valence-corrected chi connectivity index (χ4v) is 1.62. The van der Waals surface area contributed by atoms with Crippen molar-refractivity contribution in [3.05, 3.63) is 48.2 Å². The van der Waals surface area contributed by atoms with Crippen LogP contribution in [0.1, 0.15) is 5.56 Å². The number of nitrogens with zero attached hydrogens (tertiary/aromatic N) is 1. The molecule has 13 heavy (non-hydrogen) atoms. The maximum atomic E-state index is 5.12. The summed E-state index contributed by atoms with van der Waals surface area (Å²) in [4.78, 5) is 0. The van der Waals surface area contributed by atoms with E-state index in [9.17, 15) is 0 Å². The topological polar surface area (TPSA) is 7.45 Å². The molecule has 1 aliphatic rings. The van der Waals surface area contributed by atoms with E-state index in [1.807, 2.05) is 42.6 Å². The smallest absolute Gasteiger partial charge is 0.251 e. The first-order chi connectivity index (χ1) is 6.29. The molecule has 0 amide bonds. The molecule has 1 aromatic rings. The quantitative estimate of drug-likeness (QED) is 0.502. The number of nitrogens with one attached hydrogen (secondary N) is 1. The standard InChI is InChI=1S/C9H8N2S2/c12-10-7-6-9(11(10)13)8-4-2-1-3-5-8/h1-7,10H. The lowest BCUT2D eigenvalue weighted by molar-refractivity contribution is -1.16. The van der Waals surface area contributed by atoms with Crippen LogP contribution in [0.5, 0.6) is 0 Å². The van der Waals surface area contributed by atoms with Crippen molar-refractivity contribution in [1.82, 2.24) is 0 Å². The second kappa shape index (κ2) is 3.49. The van der Waals surface area contributed by atoms with Crippen LogP contribution in [0.2, 0.25) is 0 Å². The zero-order valence-corrected chi connectivity index (χ0v) is 8.44. The molecule has 0 aromatic heterocycles. The Morgan fingerprint density at radius 2 is 1.85 bits per heavy atom. The van der Waals surface area contributed by atoms with E-state index >= 15 is 0 Å². The number of quaternary nitrogens is 1. The van der Waals surface area contributed by atoms with Crippen molar-refractivity contribution < 1.29 is 8.50 Å². The molecule has 0 bridgehead atoms. The van der Waals surface area contributed by atoms with Gasteiger partial charge in [-0.2, -0.15) is 4.09 Å². The summed E-state index contributed by atoms with van der Waals surface area (Å²) in [5.41, 5.74) is 2.09. The van der Waals surface area contributed by atoms with Gasteiger partial charge in [0.1, 0.15) is 6.20 Å². The number of benzene rings is 1. The van der Waals surface area contributed by atoms with Crippen molar-refractivity contribution in [2.75, 3.05) is 0 Å². The first kappa shape index (κ1) is 8.74. The van der Waals surface area contributed by atoms with Crippen LogP contribution in [-0.4, -0.2) is 9.80 Å². The molecule has 0 saturated carbocycles. The van der Waals surface area contributed by atoms with Crippen molar-refractivity contribution in [2.24, 2.45) is 0 Å². The molecule has 1 unspecified atom stereocenters. The van der Waals surface area contributed by atoms with Gasteiger partial charge in [-0.15, -0.1) is 0 Å². The van der Waals surface area contributed by atoms with Crippen molar-refractivity contribution in [2.45, 2.75) is 0 Å². The summed E-state index contributed by atoms with van der Waals surface area (Å²) in [7, 11) is 0. The molecule has 2 nitrogen and oxygen atoms in total. The Kier molecular flexibility index (Phi) is 2.35. The summed E-state index contributed by atoms with van der Waals surface area (Å²) < 4.78 is 2.29. The molecule has 1 aliphatic heterocycles. The maximum Gasteiger partial charge on any atom is 0.251 e. The first-order valence-electron chi connectivity index (χ1n) is 3.91. The van der Waals surface area contributed by atoms with E-state index < -0.39 is 0 Å². The number of hydrogen-bond donors (Lipinski definition) is 1. The second-order valence-corrected chi connectivity index (χ2v) is 3.50. The highest BCUT2D eigenvalue weighted by atomic mass is 32.1. The van der Waals surface area contributed by atoms with E-state index in [0.29, 0.717) is 4.41 Å². The zero-order chi connectivity index (χ0) is 9.26. The Morgan fingerprint density at radius 1 is 1.15 bits per heavy atom. The predicted molar refractivity (Wildman–Crippen MR) is 55.6 cm³/mol. The zero-order valence-electron chi connectivity index (χ0n) is 6.81. The highest BCUT2D eigenvalue weighted by molar-refractivity contribution is 7.53. The highest BCUT2D eigenvalue weighted by Crippen LogP contribution is 2.02. The van der Waals surface area contributed by atoms with Crippen molar-refractivity contribution in [1.29, 1.82) is 0 Å². The Balaban J connectivity index is 2.44. The average Bonchev–Trinajstić information content (AvgIpc) is 2.49. The Labute approximate surface area is 88.2 Å². The van der Waals surface area contributed by atoms with Gasteiger partial charge in [-0.25, -0.2) is 4.41 Å². The molecule has 1 aromatic carbocycles. The van der Waals surface area contributed by atoms with Crippen LogP contribution in [0.15, 0.2) is 42.6 Å². The molecule has 1 atom stereocenters. The summed E-state index contributed by atoms with van der Waals surface area (Å²) in [5.74, 6) is 0. The largest absolute Gasteiger partial charge is 0.418 e. The van der Waals surface area contributed by atoms with Gasteiger partial charge < -0.3 is 25.6 Å².